The summed E-state index contributed by atoms with van der Waals surface area (Å²) < 4.78 is 2.19. The maximum absolute atomic E-state index is 12.0. The van der Waals surface area contributed by atoms with Gasteiger partial charge in [-0.3, -0.25) is 9.59 Å². The lowest BCUT2D eigenvalue weighted by Gasteiger charge is -2.30. The second-order valence-electron chi connectivity index (χ2n) is 4.87. The first-order valence-corrected chi connectivity index (χ1v) is 7.24. The highest BCUT2D eigenvalue weighted by atomic mass is 79.9. The van der Waals surface area contributed by atoms with E-state index in [0.717, 1.165) is 23.9 Å². The summed E-state index contributed by atoms with van der Waals surface area (Å²) in [5, 5.41) is 6.32. The van der Waals surface area contributed by atoms with Crippen LogP contribution in [0.25, 0.3) is 0 Å². The number of amides is 1. The average molecular weight is 328 g/mol. The molecule has 0 aliphatic carbocycles. The topological polar surface area (TPSA) is 63.1 Å². The fraction of sp³-hybridized carbons (Fsp3) is 0.538. The molecule has 1 aromatic heterocycles. The SMILES string of the molecule is CC1NCCCC1NC(=O)Cn1cc(Br)ccc1=O. The van der Waals surface area contributed by atoms with E-state index >= 15 is 0 Å². The average Bonchev–Trinajstić information content (AvgIpc) is 2.37. The molecule has 1 aromatic rings. The van der Waals surface area contributed by atoms with Crippen LogP contribution in [0.2, 0.25) is 0 Å². The van der Waals surface area contributed by atoms with Gasteiger partial charge in [-0.2, -0.15) is 0 Å². The van der Waals surface area contributed by atoms with Crippen molar-refractivity contribution < 1.29 is 4.79 Å². The maximum atomic E-state index is 12.0. The van der Waals surface area contributed by atoms with E-state index in [9.17, 15) is 9.59 Å². The zero-order chi connectivity index (χ0) is 13.8. The van der Waals surface area contributed by atoms with Crippen molar-refractivity contribution in [3.05, 3.63) is 33.2 Å². The van der Waals surface area contributed by atoms with Gasteiger partial charge in [0.15, 0.2) is 0 Å². The zero-order valence-corrected chi connectivity index (χ0v) is 12.4. The number of hydrogen-bond acceptors (Lipinski definition) is 3. The van der Waals surface area contributed by atoms with E-state index in [1.165, 1.54) is 10.6 Å². The molecule has 0 aromatic carbocycles. The Labute approximate surface area is 120 Å². The quantitative estimate of drug-likeness (QED) is 0.865. The van der Waals surface area contributed by atoms with Gasteiger partial charge in [0.25, 0.3) is 5.56 Å². The van der Waals surface area contributed by atoms with Crippen LogP contribution < -0.4 is 16.2 Å². The lowest BCUT2D eigenvalue weighted by molar-refractivity contribution is -0.122. The third kappa shape index (κ3) is 3.91. The van der Waals surface area contributed by atoms with Crippen LogP contribution in [0.3, 0.4) is 0 Å². The van der Waals surface area contributed by atoms with Crippen molar-refractivity contribution in [2.45, 2.75) is 38.4 Å². The van der Waals surface area contributed by atoms with Gasteiger partial charge in [0.05, 0.1) is 0 Å². The number of rotatable bonds is 3. The third-order valence-electron chi connectivity index (χ3n) is 3.37. The monoisotopic (exact) mass is 327 g/mol. The van der Waals surface area contributed by atoms with Crippen LogP contribution >= 0.6 is 15.9 Å². The number of aromatic nitrogens is 1. The molecule has 2 heterocycles. The number of pyridine rings is 1. The minimum Gasteiger partial charge on any atom is -0.350 e. The second-order valence-corrected chi connectivity index (χ2v) is 5.79. The molecular weight excluding hydrogens is 310 g/mol. The van der Waals surface area contributed by atoms with Crippen molar-refractivity contribution in [3.8, 4) is 0 Å². The van der Waals surface area contributed by atoms with Crippen molar-refractivity contribution >= 4 is 21.8 Å². The molecule has 0 radical (unpaired) electrons. The molecule has 1 fully saturated rings. The van der Waals surface area contributed by atoms with Crippen LogP contribution in [0.15, 0.2) is 27.6 Å². The Morgan fingerprint density at radius 1 is 1.58 bits per heavy atom. The Bertz CT molecular complexity index is 515. The summed E-state index contributed by atoms with van der Waals surface area (Å²) in [6.45, 7) is 3.12. The van der Waals surface area contributed by atoms with E-state index in [1.54, 1.807) is 12.3 Å². The maximum Gasteiger partial charge on any atom is 0.251 e. The summed E-state index contributed by atoms with van der Waals surface area (Å²) in [4.78, 5) is 23.6. The molecule has 1 saturated heterocycles. The highest BCUT2D eigenvalue weighted by molar-refractivity contribution is 9.10. The minimum absolute atomic E-state index is 0.0570. The predicted molar refractivity (Wildman–Crippen MR) is 77.0 cm³/mol. The van der Waals surface area contributed by atoms with Gasteiger partial charge >= 0.3 is 0 Å². The van der Waals surface area contributed by atoms with E-state index in [2.05, 4.69) is 33.5 Å². The second kappa shape index (κ2) is 6.34. The molecule has 1 aliphatic heterocycles. The molecule has 2 unspecified atom stereocenters. The molecule has 0 bridgehead atoms. The first kappa shape index (κ1) is 14.3. The Morgan fingerprint density at radius 2 is 2.37 bits per heavy atom. The summed E-state index contributed by atoms with van der Waals surface area (Å²) in [5.41, 5.74) is -0.173. The fourth-order valence-corrected chi connectivity index (χ4v) is 2.65. The smallest absolute Gasteiger partial charge is 0.251 e. The van der Waals surface area contributed by atoms with Gasteiger partial charge in [0.2, 0.25) is 5.91 Å². The van der Waals surface area contributed by atoms with Gasteiger partial charge in [-0.15, -0.1) is 0 Å². The molecule has 2 rings (SSSR count). The Balaban J connectivity index is 1.97. The zero-order valence-electron chi connectivity index (χ0n) is 10.9. The minimum atomic E-state index is -0.173. The van der Waals surface area contributed by atoms with Crippen molar-refractivity contribution in [3.63, 3.8) is 0 Å². The Morgan fingerprint density at radius 3 is 3.11 bits per heavy atom. The predicted octanol–water partition coefficient (Wildman–Crippen LogP) is 0.867. The van der Waals surface area contributed by atoms with Crippen molar-refractivity contribution in [1.82, 2.24) is 15.2 Å². The van der Waals surface area contributed by atoms with Crippen LogP contribution in [0.1, 0.15) is 19.8 Å². The number of carbonyl (C=O) groups is 1. The first-order chi connectivity index (χ1) is 9.06. The summed E-state index contributed by atoms with van der Waals surface area (Å²) in [7, 11) is 0. The normalized spacial score (nSPS) is 23.1. The van der Waals surface area contributed by atoms with E-state index in [1.807, 2.05) is 0 Å². The van der Waals surface area contributed by atoms with Crippen molar-refractivity contribution in [2.24, 2.45) is 0 Å². The van der Waals surface area contributed by atoms with E-state index in [-0.39, 0.29) is 30.1 Å². The molecule has 0 saturated carbocycles. The van der Waals surface area contributed by atoms with Gasteiger partial charge in [-0.25, -0.2) is 0 Å². The van der Waals surface area contributed by atoms with Gasteiger partial charge in [0, 0.05) is 28.8 Å². The fourth-order valence-electron chi connectivity index (χ4n) is 2.27. The molecule has 1 aliphatic rings. The highest BCUT2D eigenvalue weighted by Gasteiger charge is 2.22. The van der Waals surface area contributed by atoms with E-state index in [4.69, 9.17) is 0 Å². The molecule has 5 nitrogen and oxygen atoms in total. The lowest BCUT2D eigenvalue weighted by atomic mass is 10.00. The summed E-state index contributed by atoms with van der Waals surface area (Å²) in [5.74, 6) is -0.124. The summed E-state index contributed by atoms with van der Waals surface area (Å²) in [6.07, 6.45) is 3.67. The van der Waals surface area contributed by atoms with E-state index in [0.29, 0.717) is 0 Å². The molecule has 19 heavy (non-hydrogen) atoms. The molecule has 1 amide bonds. The number of nitrogens with one attached hydrogen (secondary N) is 2. The van der Waals surface area contributed by atoms with Crippen LogP contribution in [0.5, 0.6) is 0 Å². The van der Waals surface area contributed by atoms with E-state index < -0.39 is 0 Å². The number of hydrogen-bond donors (Lipinski definition) is 2. The van der Waals surface area contributed by atoms with Crippen LogP contribution in [0, 0.1) is 0 Å². The Kier molecular flexibility index (Phi) is 4.76. The van der Waals surface area contributed by atoms with Crippen LogP contribution in [-0.4, -0.2) is 29.1 Å². The summed E-state index contributed by atoms with van der Waals surface area (Å²) in [6, 6.07) is 3.53. The molecule has 2 N–H and O–H groups in total. The Hall–Kier alpha value is -1.14. The van der Waals surface area contributed by atoms with Gasteiger partial charge in [0.1, 0.15) is 6.54 Å². The van der Waals surface area contributed by atoms with Crippen molar-refractivity contribution in [2.75, 3.05) is 6.54 Å². The summed E-state index contributed by atoms with van der Waals surface area (Å²) >= 11 is 3.29. The van der Waals surface area contributed by atoms with Crippen molar-refractivity contribution in [1.29, 1.82) is 0 Å². The molecular formula is C13H18BrN3O2. The van der Waals surface area contributed by atoms with Crippen LogP contribution in [0.4, 0.5) is 0 Å². The standard InChI is InChI=1S/C13H18BrN3O2/c1-9-11(3-2-6-15-9)16-12(18)8-17-7-10(14)4-5-13(17)19/h4-5,7,9,11,15H,2-3,6,8H2,1H3,(H,16,18). The van der Waals surface area contributed by atoms with Gasteiger partial charge < -0.3 is 15.2 Å². The number of halogens is 1. The van der Waals surface area contributed by atoms with Gasteiger partial charge in [-0.1, -0.05) is 0 Å². The molecule has 0 spiro atoms. The van der Waals surface area contributed by atoms with Gasteiger partial charge in [-0.05, 0) is 48.3 Å². The molecule has 104 valence electrons. The third-order valence-corrected chi connectivity index (χ3v) is 3.84. The number of nitrogens with zero attached hydrogens (tertiary/aromatic N) is 1. The molecule has 2 atom stereocenters. The number of piperidine rings is 1. The largest absolute Gasteiger partial charge is 0.350 e. The van der Waals surface area contributed by atoms with Crippen LogP contribution in [-0.2, 0) is 11.3 Å². The molecule has 6 heteroatoms. The first-order valence-electron chi connectivity index (χ1n) is 6.45. The lowest BCUT2D eigenvalue weighted by Crippen LogP contribution is -2.52. The number of carbonyl (C=O) groups excluding carboxylic acids is 1. The highest BCUT2D eigenvalue weighted by Crippen LogP contribution is 2.08.